The fourth-order valence-electron chi connectivity index (χ4n) is 1.72. The first kappa shape index (κ1) is 12.8. The maximum absolute atomic E-state index is 10.8. The van der Waals surface area contributed by atoms with E-state index in [2.05, 4.69) is 24.4 Å². The number of aromatic carboxylic acids is 1. The zero-order chi connectivity index (χ0) is 13.0. The molecule has 0 unspecified atom stereocenters. The van der Waals surface area contributed by atoms with Crippen LogP contribution in [0.3, 0.4) is 0 Å². The van der Waals surface area contributed by atoms with Crippen molar-refractivity contribution in [2.75, 3.05) is 0 Å². The lowest BCUT2D eigenvalue weighted by molar-refractivity contribution is 0.0696. The van der Waals surface area contributed by atoms with E-state index in [1.807, 2.05) is 6.07 Å². The third-order valence-corrected chi connectivity index (χ3v) is 3.60. The average molecular weight is 261 g/mol. The number of rotatable bonds is 5. The summed E-state index contributed by atoms with van der Waals surface area (Å²) < 4.78 is 0. The molecule has 0 bridgehead atoms. The fourth-order valence-corrected chi connectivity index (χ4v) is 2.58. The molecule has 0 aliphatic heterocycles. The third kappa shape index (κ3) is 3.42. The number of thiophene rings is 1. The molecule has 2 rings (SSSR count). The second-order valence-electron chi connectivity index (χ2n) is 4.12. The smallest absolute Gasteiger partial charge is 0.335 e. The SMILES string of the molecule is Cc1ccc(CNCc2cccc(C(=O)O)c2)s1. The van der Waals surface area contributed by atoms with Crippen molar-refractivity contribution in [2.45, 2.75) is 20.0 Å². The Morgan fingerprint density at radius 3 is 2.78 bits per heavy atom. The first-order valence-electron chi connectivity index (χ1n) is 5.73. The van der Waals surface area contributed by atoms with Crippen LogP contribution < -0.4 is 5.32 Å². The average Bonchev–Trinajstić information content (AvgIpc) is 2.75. The molecule has 4 heteroatoms. The normalized spacial score (nSPS) is 10.5. The van der Waals surface area contributed by atoms with Gasteiger partial charge in [0.2, 0.25) is 0 Å². The van der Waals surface area contributed by atoms with Gasteiger partial charge in [-0.15, -0.1) is 11.3 Å². The van der Waals surface area contributed by atoms with Gasteiger partial charge in [0, 0.05) is 22.8 Å². The van der Waals surface area contributed by atoms with Gasteiger partial charge in [0.25, 0.3) is 0 Å². The van der Waals surface area contributed by atoms with Crippen molar-refractivity contribution >= 4 is 17.3 Å². The summed E-state index contributed by atoms with van der Waals surface area (Å²) in [5.41, 5.74) is 1.32. The molecule has 94 valence electrons. The van der Waals surface area contributed by atoms with Crippen LogP contribution >= 0.6 is 11.3 Å². The molecule has 18 heavy (non-hydrogen) atoms. The number of nitrogens with one attached hydrogen (secondary N) is 1. The minimum Gasteiger partial charge on any atom is -0.478 e. The molecule has 0 saturated heterocycles. The van der Waals surface area contributed by atoms with E-state index in [1.165, 1.54) is 9.75 Å². The van der Waals surface area contributed by atoms with Crippen molar-refractivity contribution in [3.8, 4) is 0 Å². The molecule has 1 aromatic carbocycles. The van der Waals surface area contributed by atoms with Gasteiger partial charge < -0.3 is 10.4 Å². The van der Waals surface area contributed by atoms with Crippen LogP contribution in [0.15, 0.2) is 36.4 Å². The Morgan fingerprint density at radius 1 is 1.28 bits per heavy atom. The lowest BCUT2D eigenvalue weighted by Crippen LogP contribution is -2.12. The van der Waals surface area contributed by atoms with Gasteiger partial charge in [-0.2, -0.15) is 0 Å². The molecule has 0 aliphatic carbocycles. The molecule has 2 aromatic rings. The summed E-state index contributed by atoms with van der Waals surface area (Å²) >= 11 is 1.77. The second kappa shape index (κ2) is 5.80. The highest BCUT2D eigenvalue weighted by molar-refractivity contribution is 7.11. The van der Waals surface area contributed by atoms with Gasteiger partial charge in [-0.05, 0) is 36.8 Å². The van der Waals surface area contributed by atoms with Crippen molar-refractivity contribution in [1.29, 1.82) is 0 Å². The maximum atomic E-state index is 10.8. The summed E-state index contributed by atoms with van der Waals surface area (Å²) in [6.45, 7) is 3.58. The molecule has 0 spiro atoms. The third-order valence-electron chi connectivity index (χ3n) is 2.60. The van der Waals surface area contributed by atoms with Crippen LogP contribution in [-0.4, -0.2) is 11.1 Å². The van der Waals surface area contributed by atoms with Crippen molar-refractivity contribution in [3.63, 3.8) is 0 Å². The van der Waals surface area contributed by atoms with E-state index in [0.29, 0.717) is 12.1 Å². The maximum Gasteiger partial charge on any atom is 0.335 e. The van der Waals surface area contributed by atoms with Gasteiger partial charge in [-0.3, -0.25) is 0 Å². The molecule has 0 saturated carbocycles. The van der Waals surface area contributed by atoms with Crippen LogP contribution in [-0.2, 0) is 13.1 Å². The van der Waals surface area contributed by atoms with E-state index in [-0.39, 0.29) is 0 Å². The minimum absolute atomic E-state index is 0.335. The highest BCUT2D eigenvalue weighted by atomic mass is 32.1. The fraction of sp³-hybridized carbons (Fsp3) is 0.214. The van der Waals surface area contributed by atoms with Gasteiger partial charge in [-0.1, -0.05) is 12.1 Å². The van der Waals surface area contributed by atoms with Crippen molar-refractivity contribution in [2.24, 2.45) is 0 Å². The molecule has 0 aliphatic rings. The number of carbonyl (C=O) groups is 1. The summed E-state index contributed by atoms with van der Waals surface area (Å²) in [5.74, 6) is -0.884. The number of hydrogen-bond donors (Lipinski definition) is 2. The van der Waals surface area contributed by atoms with E-state index >= 15 is 0 Å². The topological polar surface area (TPSA) is 49.3 Å². The van der Waals surface area contributed by atoms with Crippen LogP contribution in [0.25, 0.3) is 0 Å². The highest BCUT2D eigenvalue weighted by Gasteiger charge is 2.03. The molecule has 2 N–H and O–H groups in total. The predicted octanol–water partition coefficient (Wildman–Crippen LogP) is 3.04. The standard InChI is InChI=1S/C14H15NO2S/c1-10-5-6-13(18-10)9-15-8-11-3-2-4-12(7-11)14(16)17/h2-7,15H,8-9H2,1H3,(H,16,17). The summed E-state index contributed by atoms with van der Waals surface area (Å²) in [6, 6.07) is 11.2. The van der Waals surface area contributed by atoms with Crippen LogP contribution in [0.4, 0.5) is 0 Å². The quantitative estimate of drug-likeness (QED) is 0.869. The summed E-state index contributed by atoms with van der Waals surface area (Å²) in [4.78, 5) is 13.4. The Bertz CT molecular complexity index is 548. The number of carboxylic acid groups (broad SMARTS) is 1. The summed E-state index contributed by atoms with van der Waals surface area (Å²) in [6.07, 6.45) is 0. The Kier molecular flexibility index (Phi) is 4.12. The number of aryl methyl sites for hydroxylation is 1. The van der Waals surface area contributed by atoms with Crippen LogP contribution in [0.5, 0.6) is 0 Å². The van der Waals surface area contributed by atoms with Crippen LogP contribution in [0, 0.1) is 6.92 Å². The van der Waals surface area contributed by atoms with Crippen LogP contribution in [0.1, 0.15) is 25.7 Å². The molecule has 0 amide bonds. The molecular weight excluding hydrogens is 246 g/mol. The second-order valence-corrected chi connectivity index (χ2v) is 5.49. The first-order valence-corrected chi connectivity index (χ1v) is 6.55. The van der Waals surface area contributed by atoms with Crippen molar-refractivity contribution in [1.82, 2.24) is 5.32 Å². The molecule has 0 atom stereocenters. The van der Waals surface area contributed by atoms with Gasteiger partial charge in [0.15, 0.2) is 0 Å². The molecule has 1 heterocycles. The molecule has 0 radical (unpaired) electrons. The monoisotopic (exact) mass is 261 g/mol. The number of carboxylic acids is 1. The van der Waals surface area contributed by atoms with Gasteiger partial charge in [-0.25, -0.2) is 4.79 Å². The lowest BCUT2D eigenvalue weighted by atomic mass is 10.1. The lowest BCUT2D eigenvalue weighted by Gasteiger charge is -2.04. The Hall–Kier alpha value is -1.65. The van der Waals surface area contributed by atoms with E-state index in [4.69, 9.17) is 5.11 Å². The van der Waals surface area contributed by atoms with Crippen molar-refractivity contribution in [3.05, 3.63) is 57.3 Å². The first-order chi connectivity index (χ1) is 8.65. The highest BCUT2D eigenvalue weighted by Crippen LogP contribution is 2.14. The zero-order valence-electron chi connectivity index (χ0n) is 10.1. The Balaban J connectivity index is 1.90. The van der Waals surface area contributed by atoms with E-state index in [0.717, 1.165) is 12.1 Å². The molecule has 3 nitrogen and oxygen atoms in total. The predicted molar refractivity (Wildman–Crippen MR) is 73.0 cm³/mol. The largest absolute Gasteiger partial charge is 0.478 e. The number of hydrogen-bond acceptors (Lipinski definition) is 3. The summed E-state index contributed by atoms with van der Waals surface area (Å²) in [5, 5.41) is 12.2. The van der Waals surface area contributed by atoms with Gasteiger partial charge in [0.1, 0.15) is 0 Å². The Labute approximate surface area is 110 Å². The molecule has 1 aromatic heterocycles. The van der Waals surface area contributed by atoms with E-state index in [1.54, 1.807) is 29.5 Å². The minimum atomic E-state index is -0.884. The van der Waals surface area contributed by atoms with Crippen LogP contribution in [0.2, 0.25) is 0 Å². The van der Waals surface area contributed by atoms with Gasteiger partial charge in [0.05, 0.1) is 5.56 Å². The molecular formula is C14H15NO2S. The number of benzene rings is 1. The zero-order valence-corrected chi connectivity index (χ0v) is 11.0. The Morgan fingerprint density at radius 2 is 2.11 bits per heavy atom. The van der Waals surface area contributed by atoms with E-state index in [9.17, 15) is 4.79 Å². The summed E-state index contributed by atoms with van der Waals surface area (Å²) in [7, 11) is 0. The molecule has 0 fully saturated rings. The van der Waals surface area contributed by atoms with E-state index < -0.39 is 5.97 Å². The van der Waals surface area contributed by atoms with Gasteiger partial charge >= 0.3 is 5.97 Å². The van der Waals surface area contributed by atoms with Crippen molar-refractivity contribution < 1.29 is 9.90 Å².